The predicted molar refractivity (Wildman–Crippen MR) is 102 cm³/mol. The number of aromatic nitrogens is 2. The minimum absolute atomic E-state index is 0.168. The molecule has 0 unspecified atom stereocenters. The summed E-state index contributed by atoms with van der Waals surface area (Å²) >= 11 is 0. The Morgan fingerprint density at radius 2 is 1.81 bits per heavy atom. The summed E-state index contributed by atoms with van der Waals surface area (Å²) in [6, 6.07) is 17.5. The van der Waals surface area contributed by atoms with Crippen LogP contribution in [0.5, 0.6) is 5.75 Å². The molecular weight excluding hydrogens is 326 g/mol. The van der Waals surface area contributed by atoms with Crippen LogP contribution in [0.2, 0.25) is 0 Å². The van der Waals surface area contributed by atoms with Crippen molar-refractivity contribution in [2.45, 2.75) is 13.8 Å². The predicted octanol–water partition coefficient (Wildman–Crippen LogP) is 3.90. The lowest BCUT2D eigenvalue weighted by Crippen LogP contribution is -2.21. The quantitative estimate of drug-likeness (QED) is 0.783. The Bertz CT molecular complexity index is 1000. The van der Waals surface area contributed by atoms with E-state index in [1.165, 1.54) is 0 Å². The second kappa shape index (κ2) is 6.52. The number of para-hydroxylation sites is 2. The normalized spacial score (nSPS) is 12.8. The number of nitrogens with zero attached hydrogens (tertiary/aromatic N) is 2. The van der Waals surface area contributed by atoms with Crippen molar-refractivity contribution in [3.05, 3.63) is 77.1 Å². The maximum Gasteiger partial charge on any atom is 0.255 e. The molecule has 130 valence electrons. The van der Waals surface area contributed by atoms with E-state index in [4.69, 9.17) is 4.74 Å². The summed E-state index contributed by atoms with van der Waals surface area (Å²) < 4.78 is 7.52. The Kier molecular flexibility index (Phi) is 4.05. The lowest BCUT2D eigenvalue weighted by atomic mass is 10.1. The van der Waals surface area contributed by atoms with Gasteiger partial charge in [-0.05, 0) is 38.1 Å². The van der Waals surface area contributed by atoms with Crippen LogP contribution < -0.4 is 10.1 Å². The van der Waals surface area contributed by atoms with Crippen molar-refractivity contribution in [3.8, 4) is 11.4 Å². The molecule has 0 saturated carbocycles. The summed E-state index contributed by atoms with van der Waals surface area (Å²) in [4.78, 5) is 12.7. The molecule has 2 aromatic carbocycles. The first-order valence-electron chi connectivity index (χ1n) is 8.49. The third-order valence-corrected chi connectivity index (χ3v) is 4.45. The van der Waals surface area contributed by atoms with Gasteiger partial charge in [-0.25, -0.2) is 4.68 Å². The average molecular weight is 345 g/mol. The van der Waals surface area contributed by atoms with Crippen LogP contribution >= 0.6 is 0 Å². The van der Waals surface area contributed by atoms with E-state index in [9.17, 15) is 4.79 Å². The first-order chi connectivity index (χ1) is 12.6. The topological polar surface area (TPSA) is 56.2 Å². The van der Waals surface area contributed by atoms with Crippen LogP contribution in [0.25, 0.3) is 11.8 Å². The van der Waals surface area contributed by atoms with Gasteiger partial charge in [0.2, 0.25) is 0 Å². The number of amides is 1. The Morgan fingerprint density at radius 3 is 2.62 bits per heavy atom. The largest absolute Gasteiger partial charge is 0.488 e. The zero-order chi connectivity index (χ0) is 18.1. The highest BCUT2D eigenvalue weighted by Gasteiger charge is 2.20. The first kappa shape index (κ1) is 16.1. The van der Waals surface area contributed by atoms with E-state index in [1.54, 1.807) is 0 Å². The molecule has 1 aromatic heterocycles. The average Bonchev–Trinajstić information content (AvgIpc) is 2.96. The van der Waals surface area contributed by atoms with Gasteiger partial charge in [-0.2, -0.15) is 5.10 Å². The molecule has 0 fully saturated rings. The Morgan fingerprint density at radius 1 is 1.08 bits per heavy atom. The van der Waals surface area contributed by atoms with Gasteiger partial charge in [0.05, 0.1) is 28.3 Å². The highest BCUT2D eigenvalue weighted by Crippen LogP contribution is 2.27. The molecule has 1 N–H and O–H groups in total. The Labute approximate surface area is 151 Å². The third-order valence-electron chi connectivity index (χ3n) is 4.45. The SMILES string of the molecule is Cc1nn(-c2ccccc2)c(C)c1NC(=O)C1=Cc2ccccc2OC1. The summed E-state index contributed by atoms with van der Waals surface area (Å²) in [5.41, 5.74) is 4.87. The minimum Gasteiger partial charge on any atom is -0.488 e. The van der Waals surface area contributed by atoms with Crippen LogP contribution in [0.1, 0.15) is 17.0 Å². The maximum atomic E-state index is 12.7. The zero-order valence-corrected chi connectivity index (χ0v) is 14.7. The van der Waals surface area contributed by atoms with Crippen molar-refractivity contribution >= 4 is 17.7 Å². The van der Waals surface area contributed by atoms with Crippen molar-refractivity contribution in [1.29, 1.82) is 0 Å². The molecule has 26 heavy (non-hydrogen) atoms. The van der Waals surface area contributed by atoms with Crippen molar-refractivity contribution < 1.29 is 9.53 Å². The van der Waals surface area contributed by atoms with Crippen LogP contribution in [0.15, 0.2) is 60.2 Å². The number of hydrogen-bond acceptors (Lipinski definition) is 3. The van der Waals surface area contributed by atoms with Crippen molar-refractivity contribution in [3.63, 3.8) is 0 Å². The summed E-state index contributed by atoms with van der Waals surface area (Å²) in [5.74, 6) is 0.631. The second-order valence-corrected chi connectivity index (χ2v) is 6.24. The third kappa shape index (κ3) is 2.88. The first-order valence-corrected chi connectivity index (χ1v) is 8.49. The lowest BCUT2D eigenvalue weighted by molar-refractivity contribution is -0.113. The van der Waals surface area contributed by atoms with Gasteiger partial charge in [-0.15, -0.1) is 0 Å². The maximum absolute atomic E-state index is 12.7. The summed E-state index contributed by atoms with van der Waals surface area (Å²) in [6.45, 7) is 4.10. The van der Waals surface area contributed by atoms with E-state index in [0.29, 0.717) is 5.57 Å². The van der Waals surface area contributed by atoms with E-state index < -0.39 is 0 Å². The molecule has 5 nitrogen and oxygen atoms in total. The van der Waals surface area contributed by atoms with Crippen LogP contribution in [0, 0.1) is 13.8 Å². The highest BCUT2D eigenvalue weighted by atomic mass is 16.5. The van der Waals surface area contributed by atoms with Crippen LogP contribution in [0.4, 0.5) is 5.69 Å². The molecule has 4 rings (SSSR count). The molecule has 1 aliphatic heterocycles. The van der Waals surface area contributed by atoms with Crippen molar-refractivity contribution in [1.82, 2.24) is 9.78 Å². The van der Waals surface area contributed by atoms with Gasteiger partial charge in [0.1, 0.15) is 12.4 Å². The standard InChI is InChI=1S/C21H19N3O2/c1-14-20(15(2)24(23-14)18-9-4-3-5-10-18)22-21(25)17-12-16-8-6-7-11-19(16)26-13-17/h3-12H,13H2,1-2H3,(H,22,25). The molecule has 0 saturated heterocycles. The number of anilines is 1. The molecule has 0 aliphatic carbocycles. The van der Waals surface area contributed by atoms with E-state index in [-0.39, 0.29) is 12.5 Å². The number of rotatable bonds is 3. The van der Waals surface area contributed by atoms with Crippen molar-refractivity contribution in [2.75, 3.05) is 11.9 Å². The molecule has 2 heterocycles. The summed E-state index contributed by atoms with van der Waals surface area (Å²) in [6.07, 6.45) is 1.88. The minimum atomic E-state index is -0.168. The molecule has 3 aromatic rings. The lowest BCUT2D eigenvalue weighted by Gasteiger charge is -2.17. The fourth-order valence-corrected chi connectivity index (χ4v) is 3.09. The summed E-state index contributed by atoms with van der Waals surface area (Å²) in [7, 11) is 0. The number of nitrogens with one attached hydrogen (secondary N) is 1. The molecular formula is C21H19N3O2. The van der Waals surface area contributed by atoms with E-state index in [0.717, 1.165) is 34.1 Å². The Hall–Kier alpha value is -3.34. The number of benzene rings is 2. The smallest absolute Gasteiger partial charge is 0.255 e. The van der Waals surface area contributed by atoms with Crippen LogP contribution in [0.3, 0.4) is 0 Å². The van der Waals surface area contributed by atoms with Gasteiger partial charge >= 0.3 is 0 Å². The van der Waals surface area contributed by atoms with Gasteiger partial charge < -0.3 is 10.1 Å². The molecule has 1 aliphatic rings. The van der Waals surface area contributed by atoms with Gasteiger partial charge in [0, 0.05) is 5.56 Å². The van der Waals surface area contributed by atoms with E-state index in [1.807, 2.05) is 79.2 Å². The van der Waals surface area contributed by atoms with Gasteiger partial charge in [0.15, 0.2) is 0 Å². The molecule has 1 amide bonds. The zero-order valence-electron chi connectivity index (χ0n) is 14.7. The number of fused-ring (bicyclic) bond motifs is 1. The Balaban J connectivity index is 1.61. The monoisotopic (exact) mass is 345 g/mol. The van der Waals surface area contributed by atoms with Crippen LogP contribution in [-0.4, -0.2) is 22.3 Å². The molecule has 0 spiro atoms. The van der Waals surface area contributed by atoms with Crippen molar-refractivity contribution in [2.24, 2.45) is 0 Å². The van der Waals surface area contributed by atoms with E-state index >= 15 is 0 Å². The highest BCUT2D eigenvalue weighted by molar-refractivity contribution is 6.08. The van der Waals surface area contributed by atoms with Gasteiger partial charge in [-0.3, -0.25) is 4.79 Å². The molecule has 0 bridgehead atoms. The van der Waals surface area contributed by atoms with Gasteiger partial charge in [0.25, 0.3) is 5.91 Å². The van der Waals surface area contributed by atoms with Crippen LogP contribution in [-0.2, 0) is 4.79 Å². The fourth-order valence-electron chi connectivity index (χ4n) is 3.09. The fraction of sp³-hybridized carbons (Fsp3) is 0.143. The number of carbonyl (C=O) groups excluding carboxylic acids is 1. The number of carbonyl (C=O) groups is 1. The van der Waals surface area contributed by atoms with Gasteiger partial charge in [-0.1, -0.05) is 36.4 Å². The molecule has 0 radical (unpaired) electrons. The second-order valence-electron chi connectivity index (χ2n) is 6.24. The molecule has 5 heteroatoms. The number of aryl methyl sites for hydroxylation is 1. The molecule has 0 atom stereocenters. The summed E-state index contributed by atoms with van der Waals surface area (Å²) in [5, 5.41) is 7.56. The van der Waals surface area contributed by atoms with E-state index in [2.05, 4.69) is 10.4 Å². The number of hydrogen-bond donors (Lipinski definition) is 1. The number of ether oxygens (including phenoxy) is 1.